The highest BCUT2D eigenvalue weighted by Gasteiger charge is 2.46. The van der Waals surface area contributed by atoms with Gasteiger partial charge in [0.25, 0.3) is 11.8 Å². The number of carbonyl (C=O) groups excluding carboxylic acids is 2. The minimum atomic E-state index is -1.16. The number of piperazine rings is 1. The van der Waals surface area contributed by atoms with Crippen LogP contribution in [0.4, 0.5) is 10.2 Å². The Balaban J connectivity index is 1.52. The molecule has 0 radical (unpaired) electrons. The molecular weight excluding hydrogens is 521 g/mol. The molecule has 8 nitrogen and oxygen atoms in total. The first-order valence-corrected chi connectivity index (χ1v) is 13.0. The molecule has 202 valence electrons. The number of fused-ring (bicyclic) bond motifs is 1. The molecule has 5 rings (SSSR count). The Morgan fingerprint density at radius 3 is 2.46 bits per heavy atom. The van der Waals surface area contributed by atoms with E-state index in [2.05, 4.69) is 15.2 Å². The molecule has 0 aliphatic carbocycles. The molecule has 1 fully saturated rings. The lowest BCUT2D eigenvalue weighted by molar-refractivity contribution is -0.129. The van der Waals surface area contributed by atoms with Crippen molar-refractivity contribution < 1.29 is 18.4 Å². The van der Waals surface area contributed by atoms with Crippen molar-refractivity contribution in [1.29, 1.82) is 0 Å². The first-order chi connectivity index (χ1) is 18.3. The van der Waals surface area contributed by atoms with Gasteiger partial charge in [-0.3, -0.25) is 14.5 Å². The zero-order valence-electron chi connectivity index (χ0n) is 22.7. The van der Waals surface area contributed by atoms with E-state index in [9.17, 15) is 14.0 Å². The lowest BCUT2D eigenvalue weighted by Crippen LogP contribution is -2.65. The number of anilines is 1. The molecule has 1 aromatic carbocycles. The number of aryl methyl sites for hydroxylation is 1. The summed E-state index contributed by atoms with van der Waals surface area (Å²) in [6, 6.07) is 11.5. The van der Waals surface area contributed by atoms with Crippen molar-refractivity contribution >= 4 is 40.3 Å². The van der Waals surface area contributed by atoms with Crippen LogP contribution >= 0.6 is 11.6 Å². The quantitative estimate of drug-likeness (QED) is 0.313. The second-order valence-corrected chi connectivity index (χ2v) is 11.7. The van der Waals surface area contributed by atoms with Gasteiger partial charge in [0.1, 0.15) is 16.9 Å². The normalized spacial score (nSPS) is 15.7. The van der Waals surface area contributed by atoms with Crippen molar-refractivity contribution in [2.45, 2.75) is 52.5 Å². The predicted octanol–water partition coefficient (Wildman–Crippen LogP) is 5.95. The van der Waals surface area contributed by atoms with E-state index in [0.29, 0.717) is 28.2 Å². The number of benzene rings is 1. The number of rotatable bonds is 3. The molecule has 39 heavy (non-hydrogen) atoms. The van der Waals surface area contributed by atoms with Gasteiger partial charge in [-0.05, 0) is 56.5 Å². The number of amides is 2. The lowest BCUT2D eigenvalue weighted by Gasteiger charge is -2.44. The van der Waals surface area contributed by atoms with Crippen molar-refractivity contribution in [3.05, 3.63) is 70.3 Å². The number of aromatic nitrogens is 3. The molecule has 0 atom stereocenters. The molecule has 2 amide bonds. The Labute approximate surface area is 230 Å². The van der Waals surface area contributed by atoms with Gasteiger partial charge < -0.3 is 9.32 Å². The maximum Gasteiger partial charge on any atom is 0.290 e. The summed E-state index contributed by atoms with van der Waals surface area (Å²) >= 11 is 5.88. The van der Waals surface area contributed by atoms with Gasteiger partial charge in [0.05, 0.1) is 16.4 Å². The Hall–Kier alpha value is -3.85. The second-order valence-electron chi connectivity index (χ2n) is 11.3. The molecule has 3 aromatic heterocycles. The smallest absolute Gasteiger partial charge is 0.290 e. The number of hydrogen-bond donors (Lipinski definition) is 0. The van der Waals surface area contributed by atoms with Crippen LogP contribution in [0.2, 0.25) is 5.02 Å². The van der Waals surface area contributed by atoms with Crippen molar-refractivity contribution in [3.63, 3.8) is 0 Å². The molecule has 10 heteroatoms. The monoisotopic (exact) mass is 549 g/mol. The van der Waals surface area contributed by atoms with Crippen LogP contribution in [0.15, 0.2) is 46.9 Å². The van der Waals surface area contributed by atoms with E-state index in [4.69, 9.17) is 16.0 Å². The van der Waals surface area contributed by atoms with Crippen LogP contribution in [-0.4, -0.2) is 50.5 Å². The Kier molecular flexibility index (Phi) is 6.45. The molecule has 4 aromatic rings. The Morgan fingerprint density at radius 2 is 1.82 bits per heavy atom. The molecule has 4 heterocycles. The van der Waals surface area contributed by atoms with Gasteiger partial charge in [0.2, 0.25) is 0 Å². The predicted molar refractivity (Wildman–Crippen MR) is 147 cm³/mol. The van der Waals surface area contributed by atoms with E-state index < -0.39 is 17.3 Å². The maximum atomic E-state index is 14.2. The van der Waals surface area contributed by atoms with Crippen LogP contribution in [0.5, 0.6) is 0 Å². The fourth-order valence-corrected chi connectivity index (χ4v) is 4.87. The summed E-state index contributed by atoms with van der Waals surface area (Å²) in [6.45, 7) is 11.8. The summed E-state index contributed by atoms with van der Waals surface area (Å²) in [6.07, 6.45) is 0. The minimum Gasteiger partial charge on any atom is -0.449 e. The van der Waals surface area contributed by atoms with Crippen LogP contribution in [0.25, 0.3) is 22.4 Å². The first-order valence-electron chi connectivity index (χ1n) is 12.6. The van der Waals surface area contributed by atoms with Gasteiger partial charge in [0, 0.05) is 30.3 Å². The standard InChI is InChI=1S/C29H29ClFN5O3/c1-16-7-10-24(34-33-16)35-11-12-36(29(5,6)27(35)38)26(37)23-15-22-25(39-23)18(28(2,3)4)14-21(32-22)17-8-9-19(30)20(31)13-17/h7-10,13-15H,11-12H2,1-6H3. The van der Waals surface area contributed by atoms with Crippen LogP contribution in [0.3, 0.4) is 0 Å². The van der Waals surface area contributed by atoms with Crippen molar-refractivity contribution in [2.24, 2.45) is 0 Å². The summed E-state index contributed by atoms with van der Waals surface area (Å²) in [5.41, 5.74) is 2.07. The third-order valence-corrected chi connectivity index (χ3v) is 7.32. The second kappa shape index (κ2) is 9.41. The number of nitrogens with zero attached hydrogens (tertiary/aromatic N) is 5. The number of hydrogen-bond acceptors (Lipinski definition) is 6. The van der Waals surface area contributed by atoms with Crippen LogP contribution in [0.1, 0.15) is 56.4 Å². The Morgan fingerprint density at radius 1 is 1.08 bits per heavy atom. The highest BCUT2D eigenvalue weighted by atomic mass is 35.5. The van der Waals surface area contributed by atoms with Gasteiger partial charge in [-0.1, -0.05) is 38.4 Å². The summed E-state index contributed by atoms with van der Waals surface area (Å²) < 4.78 is 20.4. The molecule has 1 saturated heterocycles. The summed E-state index contributed by atoms with van der Waals surface area (Å²) in [5.74, 6) is -0.706. The molecule has 1 aliphatic heterocycles. The molecule has 0 unspecified atom stereocenters. The Bertz CT molecular complexity index is 1610. The number of carbonyl (C=O) groups is 2. The van der Waals surface area contributed by atoms with Crippen LogP contribution < -0.4 is 4.90 Å². The summed E-state index contributed by atoms with van der Waals surface area (Å²) in [4.78, 5) is 35.0. The van der Waals surface area contributed by atoms with E-state index in [1.165, 1.54) is 17.0 Å². The molecule has 1 aliphatic rings. The fourth-order valence-electron chi connectivity index (χ4n) is 4.76. The molecule has 0 N–H and O–H groups in total. The average Bonchev–Trinajstić information content (AvgIpc) is 3.30. The maximum absolute atomic E-state index is 14.2. The van der Waals surface area contributed by atoms with E-state index >= 15 is 0 Å². The first kappa shape index (κ1) is 26.7. The summed E-state index contributed by atoms with van der Waals surface area (Å²) in [5, 5.41) is 8.23. The van der Waals surface area contributed by atoms with E-state index in [0.717, 1.165) is 11.3 Å². The zero-order chi connectivity index (χ0) is 28.3. The molecule has 0 spiro atoms. The lowest BCUT2D eigenvalue weighted by atomic mass is 9.86. The van der Waals surface area contributed by atoms with Gasteiger partial charge in [-0.15, -0.1) is 5.10 Å². The minimum absolute atomic E-state index is 0.0266. The third kappa shape index (κ3) is 4.76. The topological polar surface area (TPSA) is 92.4 Å². The number of halogens is 2. The largest absolute Gasteiger partial charge is 0.449 e. The van der Waals surface area contributed by atoms with Gasteiger partial charge in [-0.25, -0.2) is 9.37 Å². The van der Waals surface area contributed by atoms with Crippen LogP contribution in [-0.2, 0) is 10.2 Å². The zero-order valence-corrected chi connectivity index (χ0v) is 23.4. The SMILES string of the molecule is Cc1ccc(N2CCN(C(=O)c3cc4nc(-c5ccc(Cl)c(F)c5)cc(C(C)(C)C)c4o3)C(C)(C)C2=O)nn1. The molecule has 0 bridgehead atoms. The van der Waals surface area contributed by atoms with E-state index in [-0.39, 0.29) is 35.2 Å². The van der Waals surface area contributed by atoms with Crippen LogP contribution in [0, 0.1) is 12.7 Å². The third-order valence-electron chi connectivity index (χ3n) is 7.01. The van der Waals surface area contributed by atoms with Gasteiger partial charge >= 0.3 is 0 Å². The fraction of sp³-hybridized carbons (Fsp3) is 0.345. The summed E-state index contributed by atoms with van der Waals surface area (Å²) in [7, 11) is 0. The molecule has 0 saturated carbocycles. The average molecular weight is 550 g/mol. The van der Waals surface area contributed by atoms with E-state index in [1.807, 2.05) is 33.8 Å². The van der Waals surface area contributed by atoms with Gasteiger partial charge in [0.15, 0.2) is 17.2 Å². The number of pyridine rings is 1. The highest BCUT2D eigenvalue weighted by molar-refractivity contribution is 6.30. The van der Waals surface area contributed by atoms with Crippen molar-refractivity contribution in [1.82, 2.24) is 20.1 Å². The van der Waals surface area contributed by atoms with E-state index in [1.54, 1.807) is 43.0 Å². The van der Waals surface area contributed by atoms with Crippen molar-refractivity contribution in [2.75, 3.05) is 18.0 Å². The van der Waals surface area contributed by atoms with Gasteiger partial charge in [-0.2, -0.15) is 5.10 Å². The van der Waals surface area contributed by atoms with Crippen molar-refractivity contribution in [3.8, 4) is 11.3 Å². The molecular formula is C29H29ClFN5O3. The number of furan rings is 1. The highest BCUT2D eigenvalue weighted by Crippen LogP contribution is 2.36.